The molecule has 4 N–H and O–H groups in total. The maximum absolute atomic E-state index is 11.3. The van der Waals surface area contributed by atoms with Crippen LogP contribution in [0.15, 0.2) is 6.07 Å². The zero-order chi connectivity index (χ0) is 16.3. The summed E-state index contributed by atoms with van der Waals surface area (Å²) in [6.07, 6.45) is 0.991. The molecule has 8 heteroatoms. The van der Waals surface area contributed by atoms with Gasteiger partial charge in [0.1, 0.15) is 22.5 Å². The second-order valence-corrected chi connectivity index (χ2v) is 6.06. The Morgan fingerprint density at radius 3 is 2.77 bits per heavy atom. The summed E-state index contributed by atoms with van der Waals surface area (Å²) < 4.78 is 0. The van der Waals surface area contributed by atoms with E-state index in [9.17, 15) is 14.7 Å². The maximum Gasteiger partial charge on any atom is 0.326 e. The lowest BCUT2D eigenvalue weighted by molar-refractivity contribution is -0.138. The van der Waals surface area contributed by atoms with Gasteiger partial charge in [0.15, 0.2) is 0 Å². The number of nitrogens with two attached hydrogens (primary N) is 1. The first kappa shape index (κ1) is 16.2. The van der Waals surface area contributed by atoms with Crippen LogP contribution in [0.2, 0.25) is 0 Å². The molecule has 0 saturated heterocycles. The molecule has 0 aliphatic carbocycles. The number of aliphatic carboxylic acids is 1. The van der Waals surface area contributed by atoms with Gasteiger partial charge in [-0.2, -0.15) is 0 Å². The molecule has 0 bridgehead atoms. The van der Waals surface area contributed by atoms with E-state index in [1.807, 2.05) is 13.0 Å². The number of rotatable bonds is 7. The van der Waals surface area contributed by atoms with E-state index in [0.717, 1.165) is 21.5 Å². The fourth-order valence-corrected chi connectivity index (χ4v) is 3.08. The van der Waals surface area contributed by atoms with E-state index in [2.05, 4.69) is 15.3 Å². The Kier molecular flexibility index (Phi) is 4.92. The Labute approximate surface area is 131 Å². The summed E-state index contributed by atoms with van der Waals surface area (Å²) in [5.41, 5.74) is 5.09. The van der Waals surface area contributed by atoms with Crippen LogP contribution in [0.5, 0.6) is 0 Å². The van der Waals surface area contributed by atoms with Gasteiger partial charge in [0.2, 0.25) is 5.91 Å². The molecule has 0 aromatic carbocycles. The number of carboxylic acids is 1. The van der Waals surface area contributed by atoms with Crippen LogP contribution in [-0.4, -0.2) is 33.0 Å². The third kappa shape index (κ3) is 3.70. The second-order valence-electron chi connectivity index (χ2n) is 4.94. The molecule has 0 spiro atoms. The highest BCUT2D eigenvalue weighted by Gasteiger charge is 2.20. The molecule has 0 saturated carbocycles. The Morgan fingerprint density at radius 1 is 1.45 bits per heavy atom. The number of nitrogens with zero attached hydrogens (tertiary/aromatic N) is 2. The molecule has 1 amide bonds. The van der Waals surface area contributed by atoms with E-state index in [1.165, 1.54) is 0 Å². The minimum atomic E-state index is -1.04. The molecular formula is C14H18N4O3S. The highest BCUT2D eigenvalue weighted by atomic mass is 32.1. The largest absolute Gasteiger partial charge is 0.480 e. The van der Waals surface area contributed by atoms with Crippen LogP contribution in [-0.2, 0) is 16.0 Å². The number of aromatic nitrogens is 2. The van der Waals surface area contributed by atoms with Gasteiger partial charge in [-0.05, 0) is 25.8 Å². The third-order valence-electron chi connectivity index (χ3n) is 3.19. The molecule has 2 aromatic heterocycles. The monoisotopic (exact) mass is 322 g/mol. The fourth-order valence-electron chi connectivity index (χ4n) is 2.07. The Morgan fingerprint density at radius 2 is 2.18 bits per heavy atom. The van der Waals surface area contributed by atoms with Crippen LogP contribution in [0.1, 0.15) is 30.5 Å². The van der Waals surface area contributed by atoms with Crippen molar-refractivity contribution >= 4 is 39.2 Å². The van der Waals surface area contributed by atoms with Crippen molar-refractivity contribution in [2.45, 2.75) is 39.2 Å². The molecule has 0 aliphatic rings. The van der Waals surface area contributed by atoms with Crippen LogP contribution in [0.4, 0.5) is 5.82 Å². The number of thiophene rings is 1. The van der Waals surface area contributed by atoms with E-state index in [1.54, 1.807) is 18.3 Å². The number of carbonyl (C=O) groups is 2. The van der Waals surface area contributed by atoms with Crippen molar-refractivity contribution in [2.24, 2.45) is 5.73 Å². The van der Waals surface area contributed by atoms with Gasteiger partial charge in [-0.15, -0.1) is 11.3 Å². The van der Waals surface area contributed by atoms with Gasteiger partial charge in [0.25, 0.3) is 0 Å². The van der Waals surface area contributed by atoms with Crippen molar-refractivity contribution < 1.29 is 14.7 Å². The number of carbonyl (C=O) groups excluding carboxylic acids is 1. The van der Waals surface area contributed by atoms with Crippen LogP contribution in [0, 0.1) is 6.92 Å². The van der Waals surface area contributed by atoms with Crippen molar-refractivity contribution in [1.29, 1.82) is 0 Å². The molecule has 118 valence electrons. The number of amides is 1. The van der Waals surface area contributed by atoms with Gasteiger partial charge < -0.3 is 16.2 Å². The average molecular weight is 322 g/mol. The molecule has 1 atom stereocenters. The van der Waals surface area contributed by atoms with Crippen molar-refractivity contribution in [3.05, 3.63) is 16.8 Å². The lowest BCUT2D eigenvalue weighted by Crippen LogP contribution is -2.31. The molecule has 0 fully saturated rings. The number of anilines is 1. The third-order valence-corrected chi connectivity index (χ3v) is 4.37. The summed E-state index contributed by atoms with van der Waals surface area (Å²) in [5, 5.41) is 13.0. The molecule has 0 radical (unpaired) electrons. The smallest absolute Gasteiger partial charge is 0.326 e. The highest BCUT2D eigenvalue weighted by molar-refractivity contribution is 7.18. The minimum Gasteiger partial charge on any atom is -0.480 e. The summed E-state index contributed by atoms with van der Waals surface area (Å²) in [4.78, 5) is 32.9. The van der Waals surface area contributed by atoms with E-state index < -0.39 is 17.9 Å². The number of primary amides is 1. The lowest BCUT2D eigenvalue weighted by atomic mass is 10.1. The zero-order valence-corrected chi connectivity index (χ0v) is 13.2. The maximum atomic E-state index is 11.3. The molecule has 2 rings (SSSR count). The molecular weight excluding hydrogens is 304 g/mol. The number of hydrogen-bond donors (Lipinski definition) is 3. The summed E-state index contributed by atoms with van der Waals surface area (Å²) in [5.74, 6) is -0.522. The summed E-state index contributed by atoms with van der Waals surface area (Å²) in [7, 11) is 0. The molecule has 7 nitrogen and oxygen atoms in total. The van der Waals surface area contributed by atoms with Crippen molar-refractivity contribution in [3.8, 4) is 0 Å². The van der Waals surface area contributed by atoms with Gasteiger partial charge in [0.05, 0.1) is 5.39 Å². The van der Waals surface area contributed by atoms with Gasteiger partial charge in [-0.1, -0.05) is 6.92 Å². The average Bonchev–Trinajstić information content (AvgIpc) is 2.85. The molecule has 2 aromatic rings. The SMILES string of the molecule is CCc1cc2c(NC(CCC(N)=O)C(=O)O)nc(C)nc2s1. The number of nitrogens with one attached hydrogen (secondary N) is 1. The Balaban J connectivity index is 2.33. The topological polar surface area (TPSA) is 118 Å². The quantitative estimate of drug-likeness (QED) is 0.714. The molecule has 2 heterocycles. The highest BCUT2D eigenvalue weighted by Crippen LogP contribution is 2.29. The summed E-state index contributed by atoms with van der Waals surface area (Å²) >= 11 is 1.57. The van der Waals surface area contributed by atoms with Crippen LogP contribution in [0.3, 0.4) is 0 Å². The number of aryl methyl sites for hydroxylation is 2. The lowest BCUT2D eigenvalue weighted by Gasteiger charge is -2.15. The Hall–Kier alpha value is -2.22. The van der Waals surface area contributed by atoms with E-state index in [0.29, 0.717) is 11.6 Å². The number of hydrogen-bond acceptors (Lipinski definition) is 6. The minimum absolute atomic E-state index is 0.00101. The summed E-state index contributed by atoms with van der Waals surface area (Å²) in [6, 6.07) is 1.05. The van der Waals surface area contributed by atoms with E-state index in [4.69, 9.17) is 5.73 Å². The standard InChI is InChI=1S/C14H18N4O3S/c1-3-8-6-9-12(16-7(2)17-13(9)22-8)18-10(14(20)21)4-5-11(15)19/h6,10H,3-5H2,1-2H3,(H2,15,19)(H,20,21)(H,16,17,18). The predicted molar refractivity (Wildman–Crippen MR) is 85.0 cm³/mol. The van der Waals surface area contributed by atoms with Gasteiger partial charge in [-0.25, -0.2) is 14.8 Å². The zero-order valence-electron chi connectivity index (χ0n) is 12.4. The van der Waals surface area contributed by atoms with Crippen molar-refractivity contribution in [2.75, 3.05) is 5.32 Å². The number of fused-ring (bicyclic) bond motifs is 1. The van der Waals surface area contributed by atoms with Crippen LogP contribution >= 0.6 is 11.3 Å². The molecule has 0 aliphatic heterocycles. The van der Waals surface area contributed by atoms with Crippen LogP contribution in [0.25, 0.3) is 10.2 Å². The van der Waals surface area contributed by atoms with Crippen molar-refractivity contribution in [1.82, 2.24) is 9.97 Å². The molecule has 1 unspecified atom stereocenters. The summed E-state index contributed by atoms with van der Waals surface area (Å²) in [6.45, 7) is 3.81. The van der Waals surface area contributed by atoms with Crippen molar-refractivity contribution in [3.63, 3.8) is 0 Å². The molecule has 22 heavy (non-hydrogen) atoms. The second kappa shape index (κ2) is 6.69. The van der Waals surface area contributed by atoms with Gasteiger partial charge in [0, 0.05) is 11.3 Å². The van der Waals surface area contributed by atoms with Gasteiger partial charge >= 0.3 is 5.97 Å². The first-order valence-electron chi connectivity index (χ1n) is 6.95. The Bertz CT molecular complexity index is 713. The van der Waals surface area contributed by atoms with E-state index >= 15 is 0 Å². The van der Waals surface area contributed by atoms with Crippen LogP contribution < -0.4 is 11.1 Å². The first-order chi connectivity index (χ1) is 10.4. The number of carboxylic acid groups (broad SMARTS) is 1. The van der Waals surface area contributed by atoms with E-state index in [-0.39, 0.29) is 12.8 Å². The van der Waals surface area contributed by atoms with Gasteiger partial charge in [-0.3, -0.25) is 4.79 Å². The first-order valence-corrected chi connectivity index (χ1v) is 7.77. The normalized spacial score (nSPS) is 12.3. The fraction of sp³-hybridized carbons (Fsp3) is 0.429. The predicted octanol–water partition coefficient (Wildman–Crippen LogP) is 1.69.